The third-order valence-corrected chi connectivity index (χ3v) is 5.27. The van der Waals surface area contributed by atoms with E-state index in [1.165, 1.54) is 0 Å². The van der Waals surface area contributed by atoms with Crippen molar-refractivity contribution in [2.24, 2.45) is 5.41 Å². The summed E-state index contributed by atoms with van der Waals surface area (Å²) in [5, 5.41) is 3.43. The van der Waals surface area contributed by atoms with Crippen molar-refractivity contribution >= 4 is 11.6 Å². The van der Waals surface area contributed by atoms with Crippen LogP contribution in [0.5, 0.6) is 0 Å². The molecule has 0 aromatic heterocycles. The van der Waals surface area contributed by atoms with Gasteiger partial charge < -0.3 is 5.32 Å². The third-order valence-electron chi connectivity index (χ3n) is 5.27. The summed E-state index contributed by atoms with van der Waals surface area (Å²) in [5.41, 5.74) is 5.01. The molecule has 0 amide bonds. The van der Waals surface area contributed by atoms with E-state index in [0.717, 1.165) is 40.9 Å². The Kier molecular flexibility index (Phi) is 4.63. The van der Waals surface area contributed by atoms with Crippen molar-refractivity contribution in [2.45, 2.75) is 52.9 Å². The number of ketones is 2. The van der Waals surface area contributed by atoms with Crippen LogP contribution in [0, 0.1) is 17.8 Å². The summed E-state index contributed by atoms with van der Waals surface area (Å²) in [6.45, 7) is 7.84. The lowest BCUT2D eigenvalue weighted by atomic mass is 9.68. The fourth-order valence-electron chi connectivity index (χ4n) is 4.15. The number of allylic oxidation sites excluding steroid dienone is 4. The first-order chi connectivity index (χ1) is 12.3. The van der Waals surface area contributed by atoms with Gasteiger partial charge in [0.1, 0.15) is 0 Å². The molecular formula is C23H25NO2. The van der Waals surface area contributed by atoms with Gasteiger partial charge in [0.05, 0.1) is 0 Å². The quantitative estimate of drug-likeness (QED) is 0.832. The van der Waals surface area contributed by atoms with Gasteiger partial charge in [0.15, 0.2) is 11.6 Å². The van der Waals surface area contributed by atoms with Crippen LogP contribution in [0.2, 0.25) is 0 Å². The molecule has 3 nitrogen and oxygen atoms in total. The standard InChI is InChI=1S/C23H25NO2/c1-6-15-8-10-16(11-9-15)21-20(14(3)25)17(7-2)24-18-12-23(4,5)13-19(26)22(18)21/h1,8-11,21,24H,7,12-13H2,2-5H3. The highest BCUT2D eigenvalue weighted by Crippen LogP contribution is 2.47. The molecule has 1 aliphatic heterocycles. The van der Waals surface area contributed by atoms with E-state index in [0.29, 0.717) is 12.0 Å². The minimum absolute atomic E-state index is 0.00422. The van der Waals surface area contributed by atoms with Crippen LogP contribution in [0.3, 0.4) is 0 Å². The van der Waals surface area contributed by atoms with E-state index in [-0.39, 0.29) is 22.9 Å². The lowest BCUT2D eigenvalue weighted by Crippen LogP contribution is -2.38. The van der Waals surface area contributed by atoms with Crippen molar-refractivity contribution in [1.82, 2.24) is 5.32 Å². The van der Waals surface area contributed by atoms with Crippen molar-refractivity contribution in [3.05, 3.63) is 57.9 Å². The molecule has 0 bridgehead atoms. The van der Waals surface area contributed by atoms with Gasteiger partial charge in [-0.2, -0.15) is 0 Å². The maximum atomic E-state index is 13.1. The smallest absolute Gasteiger partial charge is 0.162 e. The Balaban J connectivity index is 2.21. The first kappa shape index (κ1) is 18.2. The number of rotatable bonds is 3. The summed E-state index contributed by atoms with van der Waals surface area (Å²) in [7, 11) is 0. The molecule has 1 atom stereocenters. The topological polar surface area (TPSA) is 46.2 Å². The number of terminal acetylenes is 1. The summed E-state index contributed by atoms with van der Waals surface area (Å²) in [6, 6.07) is 7.63. The second-order valence-corrected chi connectivity index (χ2v) is 7.96. The largest absolute Gasteiger partial charge is 0.362 e. The van der Waals surface area contributed by atoms with Gasteiger partial charge in [0.25, 0.3) is 0 Å². The second kappa shape index (κ2) is 6.61. The van der Waals surface area contributed by atoms with Crippen LogP contribution in [0.15, 0.2) is 46.8 Å². The number of benzene rings is 1. The highest BCUT2D eigenvalue weighted by atomic mass is 16.1. The van der Waals surface area contributed by atoms with Crippen LogP contribution in [-0.2, 0) is 9.59 Å². The minimum atomic E-state index is -0.311. The Morgan fingerprint density at radius 2 is 1.92 bits per heavy atom. The molecule has 0 spiro atoms. The van der Waals surface area contributed by atoms with Crippen molar-refractivity contribution in [3.63, 3.8) is 0 Å². The molecule has 1 aliphatic carbocycles. The number of hydrogen-bond acceptors (Lipinski definition) is 3. The molecule has 0 saturated heterocycles. The number of nitrogens with one attached hydrogen (secondary N) is 1. The molecule has 3 heteroatoms. The molecule has 1 aromatic rings. The molecule has 0 saturated carbocycles. The Hall–Kier alpha value is -2.60. The first-order valence-electron chi connectivity index (χ1n) is 9.11. The van der Waals surface area contributed by atoms with Crippen LogP contribution in [-0.4, -0.2) is 11.6 Å². The molecule has 3 rings (SSSR count). The SMILES string of the molecule is C#Cc1ccc(C2C(C(C)=O)=C(CC)NC3=C2C(=O)CC(C)(C)C3)cc1. The maximum Gasteiger partial charge on any atom is 0.162 e. The van der Waals surface area contributed by atoms with E-state index in [1.807, 2.05) is 31.2 Å². The van der Waals surface area contributed by atoms with Crippen molar-refractivity contribution in [3.8, 4) is 12.3 Å². The van der Waals surface area contributed by atoms with Crippen molar-refractivity contribution in [1.29, 1.82) is 0 Å². The second-order valence-electron chi connectivity index (χ2n) is 7.96. The zero-order valence-electron chi connectivity index (χ0n) is 15.9. The zero-order chi connectivity index (χ0) is 19.1. The van der Waals surface area contributed by atoms with Gasteiger partial charge in [-0.25, -0.2) is 0 Å². The molecule has 134 valence electrons. The predicted octanol–water partition coefficient (Wildman–Crippen LogP) is 4.25. The number of carbonyl (C=O) groups is 2. The molecule has 26 heavy (non-hydrogen) atoms. The van der Waals surface area contributed by atoms with E-state index < -0.39 is 0 Å². The van der Waals surface area contributed by atoms with E-state index >= 15 is 0 Å². The normalized spacial score (nSPS) is 21.8. The van der Waals surface area contributed by atoms with Gasteiger partial charge in [-0.05, 0) is 42.9 Å². The number of carbonyl (C=O) groups excluding carboxylic acids is 2. The molecule has 1 N–H and O–H groups in total. The minimum Gasteiger partial charge on any atom is -0.362 e. The van der Waals surface area contributed by atoms with Gasteiger partial charge in [-0.1, -0.05) is 38.8 Å². The highest BCUT2D eigenvalue weighted by molar-refractivity contribution is 6.05. The van der Waals surface area contributed by atoms with Gasteiger partial charge >= 0.3 is 0 Å². The predicted molar refractivity (Wildman–Crippen MR) is 103 cm³/mol. The Morgan fingerprint density at radius 1 is 1.27 bits per heavy atom. The molecule has 0 radical (unpaired) electrons. The molecule has 2 aliphatic rings. The summed E-state index contributed by atoms with van der Waals surface area (Å²) in [6.07, 6.45) is 7.50. The number of Topliss-reactive ketones (excluding diaryl/α,β-unsaturated/α-hetero) is 2. The van der Waals surface area contributed by atoms with E-state index in [9.17, 15) is 9.59 Å². The summed E-state index contributed by atoms with van der Waals surface area (Å²) >= 11 is 0. The average Bonchev–Trinajstić information content (AvgIpc) is 2.58. The Morgan fingerprint density at radius 3 is 2.46 bits per heavy atom. The van der Waals surface area contributed by atoms with Crippen LogP contribution in [0.4, 0.5) is 0 Å². The van der Waals surface area contributed by atoms with Crippen LogP contribution in [0.25, 0.3) is 0 Å². The third kappa shape index (κ3) is 3.12. The van der Waals surface area contributed by atoms with E-state index in [4.69, 9.17) is 6.42 Å². The van der Waals surface area contributed by atoms with Gasteiger partial charge in [-0.3, -0.25) is 9.59 Å². The number of hydrogen-bond donors (Lipinski definition) is 1. The summed E-state index contributed by atoms with van der Waals surface area (Å²) < 4.78 is 0. The maximum absolute atomic E-state index is 13.1. The van der Waals surface area contributed by atoms with Crippen molar-refractivity contribution in [2.75, 3.05) is 0 Å². The van der Waals surface area contributed by atoms with E-state index in [2.05, 4.69) is 25.1 Å². The van der Waals surface area contributed by atoms with E-state index in [1.54, 1.807) is 6.92 Å². The van der Waals surface area contributed by atoms with Crippen LogP contribution >= 0.6 is 0 Å². The zero-order valence-corrected chi connectivity index (χ0v) is 15.9. The van der Waals surface area contributed by atoms with Gasteiger partial charge in [-0.15, -0.1) is 6.42 Å². The monoisotopic (exact) mass is 347 g/mol. The lowest BCUT2D eigenvalue weighted by Gasteiger charge is -2.40. The van der Waals surface area contributed by atoms with Crippen LogP contribution in [0.1, 0.15) is 64.0 Å². The first-order valence-corrected chi connectivity index (χ1v) is 9.11. The Labute approximate surface area is 155 Å². The molecule has 1 heterocycles. The summed E-state index contributed by atoms with van der Waals surface area (Å²) in [5.74, 6) is 2.44. The van der Waals surface area contributed by atoms with Crippen LogP contribution < -0.4 is 5.32 Å². The number of dihydropyridines is 1. The Bertz CT molecular complexity index is 876. The average molecular weight is 347 g/mol. The van der Waals surface area contributed by atoms with Crippen molar-refractivity contribution < 1.29 is 9.59 Å². The summed E-state index contributed by atoms with van der Waals surface area (Å²) in [4.78, 5) is 25.6. The lowest BCUT2D eigenvalue weighted by molar-refractivity contribution is -0.118. The van der Waals surface area contributed by atoms with Gasteiger partial charge in [0, 0.05) is 40.4 Å². The molecular weight excluding hydrogens is 322 g/mol. The molecule has 1 aromatic carbocycles. The van der Waals surface area contributed by atoms with Gasteiger partial charge in [0.2, 0.25) is 0 Å². The molecule has 1 unspecified atom stereocenters. The molecule has 0 fully saturated rings. The fraction of sp³-hybridized carbons (Fsp3) is 0.391. The fourth-order valence-corrected chi connectivity index (χ4v) is 4.15. The highest BCUT2D eigenvalue weighted by Gasteiger charge is 2.42.